The average Bonchev–Trinajstić information content (AvgIpc) is 2.45. The Kier molecular flexibility index (Phi) is 4.84. The second-order valence-electron chi connectivity index (χ2n) is 5.64. The highest BCUT2D eigenvalue weighted by Gasteiger charge is 2.24. The summed E-state index contributed by atoms with van der Waals surface area (Å²) in [6.07, 6.45) is -0.253. The molecule has 128 valence electrons. The van der Waals surface area contributed by atoms with Crippen LogP contribution in [0.1, 0.15) is 22.3 Å². The molecular weight excluding hydrogens is 330 g/mol. The van der Waals surface area contributed by atoms with Crippen LogP contribution in [0.2, 0.25) is 0 Å². The first-order chi connectivity index (χ1) is 11.1. The summed E-state index contributed by atoms with van der Waals surface area (Å²) in [6.45, 7) is 5.01. The lowest BCUT2D eigenvalue weighted by Crippen LogP contribution is -2.18. The molecule has 0 aliphatic carbocycles. The molecule has 3 N–H and O–H groups in total. The summed E-state index contributed by atoms with van der Waals surface area (Å²) in [5.74, 6) is -1.21. The molecule has 0 radical (unpaired) electrons. The van der Waals surface area contributed by atoms with Crippen LogP contribution in [0, 0.1) is 20.8 Å². The van der Waals surface area contributed by atoms with Gasteiger partial charge < -0.3 is 10.2 Å². The van der Waals surface area contributed by atoms with Gasteiger partial charge in [-0.05, 0) is 55.2 Å². The van der Waals surface area contributed by atoms with Gasteiger partial charge in [0.25, 0.3) is 10.0 Å². The van der Waals surface area contributed by atoms with Crippen molar-refractivity contribution in [2.24, 2.45) is 0 Å². The van der Waals surface area contributed by atoms with Crippen molar-refractivity contribution in [3.05, 3.63) is 52.6 Å². The van der Waals surface area contributed by atoms with Crippen LogP contribution >= 0.6 is 0 Å². The zero-order valence-corrected chi connectivity index (χ0v) is 14.4. The lowest BCUT2D eigenvalue weighted by Gasteiger charge is -2.18. The highest BCUT2D eigenvalue weighted by atomic mass is 32.2. The molecule has 7 heteroatoms. The monoisotopic (exact) mass is 349 g/mol. The molecule has 0 aliphatic rings. The minimum absolute atomic E-state index is 0.0348. The van der Waals surface area contributed by atoms with E-state index in [4.69, 9.17) is 5.11 Å². The van der Waals surface area contributed by atoms with Crippen LogP contribution in [0.5, 0.6) is 5.75 Å². The van der Waals surface area contributed by atoms with Crippen LogP contribution in [0.15, 0.2) is 35.2 Å². The molecule has 2 aromatic rings. The number of para-hydroxylation sites is 2. The van der Waals surface area contributed by atoms with Crippen molar-refractivity contribution < 1.29 is 23.4 Å². The number of nitrogens with one attached hydrogen (secondary N) is 1. The third-order valence-electron chi connectivity index (χ3n) is 3.81. The fourth-order valence-electron chi connectivity index (χ4n) is 2.80. The number of carbonyl (C=O) groups is 1. The first-order valence-electron chi connectivity index (χ1n) is 7.25. The Morgan fingerprint density at radius 3 is 2.33 bits per heavy atom. The standard InChI is InChI=1S/C17H19NO5S/c1-10-8-11(2)17(12(3)13(10)9-16(20)21)24(22,23)18-14-6-4-5-7-15(14)19/h4-8,18-19H,9H2,1-3H3,(H,20,21). The van der Waals surface area contributed by atoms with Gasteiger partial charge in [0, 0.05) is 0 Å². The highest BCUT2D eigenvalue weighted by Crippen LogP contribution is 2.30. The van der Waals surface area contributed by atoms with Gasteiger partial charge in [-0.15, -0.1) is 0 Å². The Balaban J connectivity index is 2.58. The molecule has 0 heterocycles. The number of aromatic hydroxyl groups is 1. The van der Waals surface area contributed by atoms with Crippen LogP contribution in [-0.4, -0.2) is 24.6 Å². The number of anilines is 1. The predicted octanol–water partition coefficient (Wildman–Crippen LogP) is 2.75. The fraction of sp³-hybridized carbons (Fsp3) is 0.235. The number of hydrogen-bond donors (Lipinski definition) is 3. The summed E-state index contributed by atoms with van der Waals surface area (Å²) < 4.78 is 27.9. The number of benzene rings is 2. The number of hydrogen-bond acceptors (Lipinski definition) is 4. The van der Waals surface area contributed by atoms with Gasteiger partial charge in [0.05, 0.1) is 17.0 Å². The number of rotatable bonds is 5. The van der Waals surface area contributed by atoms with Crippen LogP contribution in [0.4, 0.5) is 5.69 Å². The molecule has 0 amide bonds. The SMILES string of the molecule is Cc1cc(C)c(S(=O)(=O)Nc2ccccc2O)c(C)c1CC(=O)O. The van der Waals surface area contributed by atoms with Gasteiger partial charge in [-0.25, -0.2) is 8.42 Å². The molecule has 0 unspecified atom stereocenters. The van der Waals surface area contributed by atoms with Crippen molar-refractivity contribution in [3.63, 3.8) is 0 Å². The molecule has 0 spiro atoms. The Labute approximate surface area is 140 Å². The zero-order valence-electron chi connectivity index (χ0n) is 13.6. The molecule has 0 saturated carbocycles. The molecule has 2 rings (SSSR count). The van der Waals surface area contributed by atoms with E-state index in [1.54, 1.807) is 39.0 Å². The normalized spacial score (nSPS) is 11.3. The Hall–Kier alpha value is -2.54. The summed E-state index contributed by atoms with van der Waals surface area (Å²) in [5, 5.41) is 18.8. The smallest absolute Gasteiger partial charge is 0.307 e. The van der Waals surface area contributed by atoms with E-state index >= 15 is 0 Å². The molecule has 0 aliphatic heterocycles. The average molecular weight is 349 g/mol. The largest absolute Gasteiger partial charge is 0.506 e. The van der Waals surface area contributed by atoms with Gasteiger partial charge in [-0.2, -0.15) is 0 Å². The van der Waals surface area contributed by atoms with Crippen molar-refractivity contribution in [2.45, 2.75) is 32.1 Å². The minimum atomic E-state index is -3.98. The number of aliphatic carboxylic acids is 1. The van der Waals surface area contributed by atoms with Gasteiger partial charge >= 0.3 is 5.97 Å². The van der Waals surface area contributed by atoms with Crippen LogP contribution < -0.4 is 4.72 Å². The Morgan fingerprint density at radius 2 is 1.75 bits per heavy atom. The summed E-state index contributed by atoms with van der Waals surface area (Å²) in [4.78, 5) is 11.1. The molecule has 2 aromatic carbocycles. The molecular formula is C17H19NO5S. The van der Waals surface area contributed by atoms with Crippen LogP contribution in [0.25, 0.3) is 0 Å². The van der Waals surface area contributed by atoms with E-state index in [2.05, 4.69) is 4.72 Å². The van der Waals surface area contributed by atoms with Gasteiger partial charge in [-0.1, -0.05) is 18.2 Å². The van der Waals surface area contributed by atoms with Crippen molar-refractivity contribution in [1.29, 1.82) is 0 Å². The highest BCUT2D eigenvalue weighted by molar-refractivity contribution is 7.92. The lowest BCUT2D eigenvalue weighted by atomic mass is 9.97. The quantitative estimate of drug-likeness (QED) is 0.720. The number of carboxylic acid groups (broad SMARTS) is 1. The van der Waals surface area contributed by atoms with E-state index in [0.717, 1.165) is 5.56 Å². The molecule has 6 nitrogen and oxygen atoms in total. The number of carboxylic acids is 1. The van der Waals surface area contributed by atoms with E-state index in [9.17, 15) is 18.3 Å². The van der Waals surface area contributed by atoms with Gasteiger partial charge in [0.15, 0.2) is 0 Å². The van der Waals surface area contributed by atoms with Crippen LogP contribution in [-0.2, 0) is 21.2 Å². The number of sulfonamides is 1. The van der Waals surface area contributed by atoms with Crippen molar-refractivity contribution in [1.82, 2.24) is 0 Å². The lowest BCUT2D eigenvalue weighted by molar-refractivity contribution is -0.136. The van der Waals surface area contributed by atoms with Crippen molar-refractivity contribution in [3.8, 4) is 5.75 Å². The van der Waals surface area contributed by atoms with Gasteiger partial charge in [0.1, 0.15) is 5.75 Å². The number of aryl methyl sites for hydroxylation is 2. The Bertz CT molecular complexity index is 903. The van der Waals surface area contributed by atoms with E-state index < -0.39 is 16.0 Å². The maximum absolute atomic E-state index is 12.8. The predicted molar refractivity (Wildman–Crippen MR) is 90.9 cm³/mol. The first kappa shape index (κ1) is 17.8. The first-order valence-corrected chi connectivity index (χ1v) is 8.74. The molecule has 0 aromatic heterocycles. The minimum Gasteiger partial charge on any atom is -0.506 e. The third kappa shape index (κ3) is 3.51. The fourth-order valence-corrected chi connectivity index (χ4v) is 4.37. The molecule has 0 fully saturated rings. The van der Waals surface area contributed by atoms with Crippen molar-refractivity contribution in [2.75, 3.05) is 4.72 Å². The summed E-state index contributed by atoms with van der Waals surface area (Å²) in [5.41, 5.74) is 2.19. The zero-order chi connectivity index (χ0) is 18.1. The number of phenols is 1. The third-order valence-corrected chi connectivity index (χ3v) is 5.46. The molecule has 0 saturated heterocycles. The summed E-state index contributed by atoms with van der Waals surface area (Å²) >= 11 is 0. The maximum Gasteiger partial charge on any atom is 0.307 e. The van der Waals surface area contributed by atoms with E-state index in [1.165, 1.54) is 12.1 Å². The number of phenolic OH excluding ortho intramolecular Hbond substituents is 1. The van der Waals surface area contributed by atoms with Crippen molar-refractivity contribution >= 4 is 21.7 Å². The second kappa shape index (κ2) is 6.52. The molecule has 0 atom stereocenters. The van der Waals surface area contributed by atoms with Gasteiger partial charge in [0.2, 0.25) is 0 Å². The van der Waals surface area contributed by atoms with E-state index in [1.807, 2.05) is 0 Å². The van der Waals surface area contributed by atoms with E-state index in [0.29, 0.717) is 16.7 Å². The second-order valence-corrected chi connectivity index (χ2v) is 7.26. The molecule has 0 bridgehead atoms. The van der Waals surface area contributed by atoms with Gasteiger partial charge in [-0.3, -0.25) is 9.52 Å². The maximum atomic E-state index is 12.8. The summed E-state index contributed by atoms with van der Waals surface area (Å²) in [6, 6.07) is 7.67. The van der Waals surface area contributed by atoms with Crippen LogP contribution in [0.3, 0.4) is 0 Å². The summed E-state index contributed by atoms with van der Waals surface area (Å²) in [7, 11) is -3.98. The topological polar surface area (TPSA) is 104 Å². The Morgan fingerprint density at radius 1 is 1.12 bits per heavy atom. The molecule has 24 heavy (non-hydrogen) atoms. The van der Waals surface area contributed by atoms with E-state index in [-0.39, 0.29) is 22.8 Å².